The van der Waals surface area contributed by atoms with E-state index < -0.39 is 0 Å². The molecule has 2 saturated heterocycles. The number of carbonyl (C=O) groups excluding carboxylic acids is 1. The van der Waals surface area contributed by atoms with Crippen molar-refractivity contribution in [1.82, 2.24) is 4.90 Å². The molecule has 0 aromatic heterocycles. The van der Waals surface area contributed by atoms with Crippen LogP contribution in [0.3, 0.4) is 0 Å². The van der Waals surface area contributed by atoms with Gasteiger partial charge >= 0.3 is 5.97 Å². The van der Waals surface area contributed by atoms with Gasteiger partial charge in [0.1, 0.15) is 37.6 Å². The second-order valence-corrected chi connectivity index (χ2v) is 7.65. The van der Waals surface area contributed by atoms with Gasteiger partial charge in [0.15, 0.2) is 11.5 Å². The average molecular weight is 490 g/mol. The van der Waals surface area contributed by atoms with Crippen molar-refractivity contribution in [1.29, 1.82) is 0 Å². The molecule has 1 aromatic carbocycles. The highest BCUT2D eigenvalue weighted by Gasteiger charge is 2.35. The quantitative estimate of drug-likeness (QED) is 0.472. The van der Waals surface area contributed by atoms with Gasteiger partial charge in [0.25, 0.3) is 0 Å². The van der Waals surface area contributed by atoms with Crippen molar-refractivity contribution in [2.24, 2.45) is 0 Å². The molecule has 35 heavy (non-hydrogen) atoms. The Labute approximate surface area is 209 Å². The van der Waals surface area contributed by atoms with Gasteiger partial charge in [-0.05, 0) is 26.0 Å². The molecule has 0 saturated carbocycles. The van der Waals surface area contributed by atoms with Crippen molar-refractivity contribution in [3.8, 4) is 24.3 Å². The molecule has 4 aliphatic rings. The number of fused-ring (bicyclic) bond motifs is 2. The normalized spacial score (nSPS) is 25.6. The van der Waals surface area contributed by atoms with Gasteiger partial charge in [-0.3, -0.25) is 9.69 Å². The van der Waals surface area contributed by atoms with Crippen LogP contribution in [0.2, 0.25) is 0 Å². The van der Waals surface area contributed by atoms with Crippen LogP contribution in [0.25, 0.3) is 0 Å². The lowest BCUT2D eigenvalue weighted by Gasteiger charge is -2.33. The molecule has 2 fully saturated rings. The van der Waals surface area contributed by atoms with E-state index in [1.165, 1.54) is 0 Å². The molecular weight excluding hydrogens is 450 g/mol. The lowest BCUT2D eigenvalue weighted by Crippen LogP contribution is -2.45. The van der Waals surface area contributed by atoms with Gasteiger partial charge in [0, 0.05) is 20.3 Å². The number of methoxy groups -OCH3 is 1. The summed E-state index contributed by atoms with van der Waals surface area (Å²) in [5, 5.41) is 0. The summed E-state index contributed by atoms with van der Waals surface area (Å²) in [6, 6.07) is 7.58. The van der Waals surface area contributed by atoms with E-state index in [1.807, 2.05) is 67.3 Å². The fourth-order valence-electron chi connectivity index (χ4n) is 3.55. The lowest BCUT2D eigenvalue weighted by atomic mass is 9.94. The second kappa shape index (κ2) is 16.0. The molecule has 1 aliphatic carbocycles. The highest BCUT2D eigenvalue weighted by Crippen LogP contribution is 2.28. The fraction of sp³-hybridized carbons (Fsp3) is 0.519. The average Bonchev–Trinajstić information content (AvgIpc) is 3.38. The third-order valence-electron chi connectivity index (χ3n) is 5.49. The third kappa shape index (κ3) is 8.71. The van der Waals surface area contributed by atoms with Crippen molar-refractivity contribution in [3.05, 3.63) is 48.6 Å². The van der Waals surface area contributed by atoms with Gasteiger partial charge < -0.3 is 28.4 Å². The van der Waals surface area contributed by atoms with E-state index >= 15 is 0 Å². The molecule has 0 amide bonds. The Balaban J connectivity index is 0.000000251. The summed E-state index contributed by atoms with van der Waals surface area (Å²) in [6.45, 7) is 8.46. The summed E-state index contributed by atoms with van der Waals surface area (Å²) in [6.07, 6.45) is 16.1. The number of rotatable bonds is 3. The van der Waals surface area contributed by atoms with Crippen LogP contribution in [0.4, 0.5) is 0 Å². The topological polar surface area (TPSA) is 75.7 Å². The van der Waals surface area contributed by atoms with Crippen molar-refractivity contribution in [3.63, 3.8) is 0 Å². The Morgan fingerprint density at radius 3 is 2.31 bits per heavy atom. The zero-order valence-electron chi connectivity index (χ0n) is 20.2. The van der Waals surface area contributed by atoms with Crippen LogP contribution in [-0.4, -0.2) is 82.0 Å². The van der Waals surface area contributed by atoms with Crippen LogP contribution in [0, 0.1) is 12.8 Å². The Morgan fingerprint density at radius 2 is 1.74 bits per heavy atom. The smallest absolute Gasteiger partial charge is 0.325 e. The highest BCUT2D eigenvalue weighted by atomic mass is 16.6. The predicted molar refractivity (Wildman–Crippen MR) is 135 cm³/mol. The first-order chi connectivity index (χ1) is 16.6. The van der Waals surface area contributed by atoms with Gasteiger partial charge in [-0.25, -0.2) is 0 Å². The van der Waals surface area contributed by atoms with Gasteiger partial charge in [-0.15, -0.1) is 12.8 Å². The standard InChI is InChI=1S/C10H16O2.C8H8O2.C6H9NO3.C2H2.CH4/c1-4-12-9-7-5-6-8-10(9,2)11-3;1-2-4-8-7(3-1)9-5-6-10-8;8-6-5-3-9-4-7(5)1-2-10-6;1-2;/h5-9H,4H2,1-3H3;1-4H,5-6H2;5H,1-4H2;1-2H;1H4. The monoisotopic (exact) mass is 489 g/mol. The molecule has 5 rings (SSSR count). The molecule has 0 radical (unpaired) electrons. The Morgan fingerprint density at radius 1 is 1.09 bits per heavy atom. The molecule has 1 aromatic rings. The van der Waals surface area contributed by atoms with Crippen LogP contribution in [-0.2, 0) is 23.7 Å². The van der Waals surface area contributed by atoms with Crippen molar-refractivity contribution >= 4 is 5.97 Å². The number of hydrogen-bond donors (Lipinski definition) is 0. The number of allylic oxidation sites excluding steroid dienone is 2. The lowest BCUT2D eigenvalue weighted by molar-refractivity contribution is -0.154. The van der Waals surface area contributed by atoms with Gasteiger partial charge in [-0.2, -0.15) is 0 Å². The zero-order valence-corrected chi connectivity index (χ0v) is 20.2. The van der Waals surface area contributed by atoms with Crippen LogP contribution >= 0.6 is 0 Å². The minimum Gasteiger partial charge on any atom is -0.486 e. The summed E-state index contributed by atoms with van der Waals surface area (Å²) in [4.78, 5) is 12.9. The third-order valence-corrected chi connectivity index (χ3v) is 5.49. The van der Waals surface area contributed by atoms with Crippen molar-refractivity contribution in [2.75, 3.05) is 53.4 Å². The first-order valence-corrected chi connectivity index (χ1v) is 11.3. The number of terminal acetylenes is 1. The van der Waals surface area contributed by atoms with Crippen LogP contribution in [0.15, 0.2) is 48.6 Å². The van der Waals surface area contributed by atoms with Crippen molar-refractivity contribution < 1.29 is 33.2 Å². The van der Waals surface area contributed by atoms with Crippen LogP contribution in [0.1, 0.15) is 21.3 Å². The van der Waals surface area contributed by atoms with E-state index in [9.17, 15) is 4.79 Å². The van der Waals surface area contributed by atoms with E-state index in [-0.39, 0.29) is 31.1 Å². The Kier molecular flexibility index (Phi) is 13.8. The molecule has 3 aliphatic heterocycles. The molecule has 0 spiro atoms. The van der Waals surface area contributed by atoms with Crippen LogP contribution in [0.5, 0.6) is 11.5 Å². The van der Waals surface area contributed by atoms with E-state index in [4.69, 9.17) is 28.4 Å². The number of cyclic esters (lactones) is 1. The predicted octanol–water partition coefficient (Wildman–Crippen LogP) is 3.47. The maximum absolute atomic E-state index is 10.9. The SMILES string of the molecule is C.C#C.CCOC1C=CC=CC1(C)OC.O=C1OCCN2COCC12.c1ccc2c(c1)OCCO2. The van der Waals surface area contributed by atoms with Crippen LogP contribution < -0.4 is 9.47 Å². The molecule has 0 N–H and O–H groups in total. The van der Waals surface area contributed by atoms with Crippen molar-refractivity contribution in [2.45, 2.75) is 39.0 Å². The maximum Gasteiger partial charge on any atom is 0.325 e. The molecular formula is C27H39NO7. The highest BCUT2D eigenvalue weighted by molar-refractivity contribution is 5.76. The number of benzene rings is 1. The summed E-state index contributed by atoms with van der Waals surface area (Å²) in [7, 11) is 1.70. The minimum atomic E-state index is -0.301. The molecule has 8 heteroatoms. The van der Waals surface area contributed by atoms with E-state index in [1.54, 1.807) is 7.11 Å². The second-order valence-electron chi connectivity index (χ2n) is 7.65. The minimum absolute atomic E-state index is 0. The maximum atomic E-state index is 10.9. The van der Waals surface area contributed by atoms with Gasteiger partial charge in [0.2, 0.25) is 0 Å². The molecule has 3 atom stereocenters. The van der Waals surface area contributed by atoms with E-state index in [0.717, 1.165) is 18.0 Å². The summed E-state index contributed by atoms with van der Waals surface area (Å²) < 4.78 is 31.4. The number of hydrogen-bond acceptors (Lipinski definition) is 8. The number of para-hydroxylation sites is 2. The number of carbonyl (C=O) groups is 1. The summed E-state index contributed by atoms with van der Waals surface area (Å²) in [5.74, 6) is 1.58. The van der Waals surface area contributed by atoms with E-state index in [0.29, 0.717) is 39.8 Å². The molecule has 3 heterocycles. The number of esters is 1. The largest absolute Gasteiger partial charge is 0.486 e. The summed E-state index contributed by atoms with van der Waals surface area (Å²) in [5.41, 5.74) is -0.301. The molecule has 3 unspecified atom stereocenters. The first kappa shape index (κ1) is 30.2. The Hall–Kier alpha value is -2.83. The number of morpholine rings is 1. The summed E-state index contributed by atoms with van der Waals surface area (Å²) >= 11 is 0. The first-order valence-electron chi connectivity index (χ1n) is 11.3. The number of ether oxygens (including phenoxy) is 6. The van der Waals surface area contributed by atoms with E-state index in [2.05, 4.69) is 12.8 Å². The number of nitrogens with zero attached hydrogens (tertiary/aromatic N) is 1. The van der Waals surface area contributed by atoms with Gasteiger partial charge in [-0.1, -0.05) is 43.9 Å². The molecule has 0 bridgehead atoms. The fourth-order valence-corrected chi connectivity index (χ4v) is 3.55. The van der Waals surface area contributed by atoms with Gasteiger partial charge in [0.05, 0.1) is 13.3 Å². The molecule has 194 valence electrons. The molecule has 8 nitrogen and oxygen atoms in total. The zero-order chi connectivity index (χ0) is 24.8. The Bertz CT molecular complexity index is 813.